The van der Waals surface area contributed by atoms with Crippen LogP contribution in [0.15, 0.2) is 48.5 Å². The van der Waals surface area contributed by atoms with Crippen molar-refractivity contribution in [3.05, 3.63) is 59.1 Å². The van der Waals surface area contributed by atoms with Gasteiger partial charge in [0, 0.05) is 16.7 Å². The zero-order valence-electron chi connectivity index (χ0n) is 11.4. The molecule has 0 unspecified atom stereocenters. The molecule has 0 spiro atoms. The van der Waals surface area contributed by atoms with Gasteiger partial charge in [0.05, 0.1) is 0 Å². The van der Waals surface area contributed by atoms with Crippen LogP contribution in [-0.4, -0.2) is 15.6 Å². The predicted molar refractivity (Wildman–Crippen MR) is 89.6 cm³/mol. The number of carbonyl (C=O) groups is 1. The normalized spacial score (nSPS) is 19.5. The Morgan fingerprint density at radius 1 is 1.00 bits per heavy atom. The molecule has 0 saturated carbocycles. The van der Waals surface area contributed by atoms with Crippen molar-refractivity contribution in [3.63, 3.8) is 0 Å². The first-order chi connectivity index (χ1) is 10.8. The van der Waals surface area contributed by atoms with E-state index < -0.39 is 15.6 Å². The summed E-state index contributed by atoms with van der Waals surface area (Å²) in [5.74, 6) is -1.96. The van der Waals surface area contributed by atoms with Crippen LogP contribution in [0.5, 0.6) is 11.5 Å². The molecule has 1 atom stereocenters. The number of fused-ring (bicyclic) bond motifs is 1. The average Bonchev–Trinajstić information content (AvgIpc) is 2.86. The standard InChI is InChI=1S/C15H9Cl4NO3/c16-10-6-7-11-12(8-10)23-15(22-11,14(17,18)19)20-13(21)9-4-2-1-3-5-9/h1-8H,(H,20,21)/t15-/m0/s1. The summed E-state index contributed by atoms with van der Waals surface area (Å²) in [7, 11) is 0. The largest absolute Gasteiger partial charge is 0.428 e. The molecule has 120 valence electrons. The van der Waals surface area contributed by atoms with Crippen molar-refractivity contribution in [2.24, 2.45) is 0 Å². The van der Waals surface area contributed by atoms with E-state index in [-0.39, 0.29) is 5.75 Å². The fourth-order valence-electron chi connectivity index (χ4n) is 2.03. The summed E-state index contributed by atoms with van der Waals surface area (Å²) in [5.41, 5.74) is 0.363. The molecule has 0 saturated heterocycles. The maximum absolute atomic E-state index is 12.4. The molecule has 3 rings (SSSR count). The molecule has 0 aliphatic carbocycles. The minimum absolute atomic E-state index is 0.261. The van der Waals surface area contributed by atoms with Gasteiger partial charge in [-0.15, -0.1) is 0 Å². The molecular weight excluding hydrogens is 384 g/mol. The van der Waals surface area contributed by atoms with Crippen LogP contribution in [0.2, 0.25) is 5.02 Å². The second kappa shape index (κ2) is 5.95. The van der Waals surface area contributed by atoms with E-state index in [0.717, 1.165) is 0 Å². The van der Waals surface area contributed by atoms with Crippen LogP contribution in [0.1, 0.15) is 10.4 Å². The molecule has 2 aromatic rings. The minimum Gasteiger partial charge on any atom is -0.428 e. The maximum atomic E-state index is 12.4. The monoisotopic (exact) mass is 391 g/mol. The van der Waals surface area contributed by atoms with Gasteiger partial charge in [0.2, 0.25) is 0 Å². The molecule has 1 heterocycles. The summed E-state index contributed by atoms with van der Waals surface area (Å²) < 4.78 is 9.10. The van der Waals surface area contributed by atoms with Gasteiger partial charge in [-0.3, -0.25) is 10.1 Å². The smallest absolute Gasteiger partial charge is 0.388 e. The van der Waals surface area contributed by atoms with Crippen LogP contribution in [0, 0.1) is 0 Å². The number of nitrogens with one attached hydrogen (secondary N) is 1. The van der Waals surface area contributed by atoms with Crippen molar-refractivity contribution in [2.45, 2.75) is 9.70 Å². The molecule has 23 heavy (non-hydrogen) atoms. The van der Waals surface area contributed by atoms with E-state index in [1.54, 1.807) is 42.5 Å². The van der Waals surface area contributed by atoms with Crippen molar-refractivity contribution in [1.82, 2.24) is 5.32 Å². The number of benzene rings is 2. The maximum Gasteiger partial charge on any atom is 0.388 e. The van der Waals surface area contributed by atoms with E-state index in [9.17, 15) is 4.79 Å². The Kier molecular flexibility index (Phi) is 4.27. The van der Waals surface area contributed by atoms with E-state index in [4.69, 9.17) is 55.9 Å². The number of amides is 1. The van der Waals surface area contributed by atoms with Gasteiger partial charge in [-0.05, 0) is 24.3 Å². The van der Waals surface area contributed by atoms with Gasteiger partial charge >= 0.3 is 5.91 Å². The highest BCUT2D eigenvalue weighted by atomic mass is 35.6. The topological polar surface area (TPSA) is 47.6 Å². The minimum atomic E-state index is -2.09. The van der Waals surface area contributed by atoms with Gasteiger partial charge in [-0.2, -0.15) is 0 Å². The predicted octanol–water partition coefficient (Wildman–Crippen LogP) is 4.57. The highest BCUT2D eigenvalue weighted by Gasteiger charge is 2.59. The fourth-order valence-corrected chi connectivity index (χ4v) is 2.56. The molecule has 8 heteroatoms. The van der Waals surface area contributed by atoms with Crippen LogP contribution < -0.4 is 14.8 Å². The highest BCUT2D eigenvalue weighted by Crippen LogP contribution is 2.49. The quantitative estimate of drug-likeness (QED) is 0.761. The first kappa shape index (κ1) is 16.5. The Morgan fingerprint density at radius 3 is 2.30 bits per heavy atom. The lowest BCUT2D eigenvalue weighted by Crippen LogP contribution is -2.63. The number of hydrogen-bond acceptors (Lipinski definition) is 3. The number of alkyl halides is 3. The van der Waals surface area contributed by atoms with Gasteiger partial charge in [0.25, 0.3) is 9.70 Å². The first-order valence-electron chi connectivity index (χ1n) is 6.43. The molecule has 4 nitrogen and oxygen atoms in total. The van der Waals surface area contributed by atoms with Gasteiger partial charge < -0.3 is 9.47 Å². The Morgan fingerprint density at radius 2 is 1.65 bits per heavy atom. The van der Waals surface area contributed by atoms with Gasteiger partial charge in [0.15, 0.2) is 11.5 Å². The molecule has 0 radical (unpaired) electrons. The Balaban J connectivity index is 1.93. The van der Waals surface area contributed by atoms with Crippen molar-refractivity contribution in [3.8, 4) is 11.5 Å². The van der Waals surface area contributed by atoms with Crippen LogP contribution in [0.3, 0.4) is 0 Å². The third-order valence-corrected chi connectivity index (χ3v) is 4.08. The second-order valence-electron chi connectivity index (χ2n) is 4.73. The van der Waals surface area contributed by atoms with Crippen molar-refractivity contribution < 1.29 is 14.3 Å². The summed E-state index contributed by atoms with van der Waals surface area (Å²) in [5, 5.41) is 2.91. The van der Waals surface area contributed by atoms with Gasteiger partial charge in [-0.1, -0.05) is 64.6 Å². The van der Waals surface area contributed by atoms with Crippen molar-refractivity contribution >= 4 is 52.3 Å². The lowest BCUT2D eigenvalue weighted by atomic mass is 10.2. The lowest BCUT2D eigenvalue weighted by Gasteiger charge is -2.33. The molecule has 0 fully saturated rings. The van der Waals surface area contributed by atoms with E-state index >= 15 is 0 Å². The third kappa shape index (κ3) is 3.17. The van der Waals surface area contributed by atoms with Crippen LogP contribution >= 0.6 is 46.4 Å². The van der Waals surface area contributed by atoms with E-state index in [1.807, 2.05) is 0 Å². The van der Waals surface area contributed by atoms with E-state index in [2.05, 4.69) is 5.32 Å². The molecule has 1 amide bonds. The number of ether oxygens (including phenoxy) is 2. The molecule has 1 aliphatic heterocycles. The SMILES string of the molecule is O=C(N[C@@]1(C(Cl)(Cl)Cl)Oc2ccc(Cl)cc2O1)c1ccccc1. The average molecular weight is 393 g/mol. The zero-order chi connectivity index (χ0) is 16.7. The summed E-state index contributed by atoms with van der Waals surface area (Å²) in [6, 6.07) is 13.1. The Labute approximate surface area is 152 Å². The Bertz CT molecular complexity index is 748. The summed E-state index contributed by atoms with van der Waals surface area (Å²) in [6.07, 6.45) is 0. The summed E-state index contributed by atoms with van der Waals surface area (Å²) >= 11 is 23.9. The van der Waals surface area contributed by atoms with Crippen LogP contribution in [0.4, 0.5) is 0 Å². The molecule has 1 N–H and O–H groups in total. The summed E-state index contributed by atoms with van der Waals surface area (Å²) in [6.45, 7) is 0. The molecule has 2 aromatic carbocycles. The van der Waals surface area contributed by atoms with Crippen molar-refractivity contribution in [1.29, 1.82) is 0 Å². The van der Waals surface area contributed by atoms with Gasteiger partial charge in [0.1, 0.15) is 0 Å². The first-order valence-corrected chi connectivity index (χ1v) is 7.94. The number of hydrogen-bond donors (Lipinski definition) is 1. The highest BCUT2D eigenvalue weighted by molar-refractivity contribution is 6.68. The van der Waals surface area contributed by atoms with Crippen LogP contribution in [0.25, 0.3) is 0 Å². The summed E-state index contributed by atoms with van der Waals surface area (Å²) in [4.78, 5) is 12.4. The van der Waals surface area contributed by atoms with Crippen LogP contribution in [-0.2, 0) is 0 Å². The van der Waals surface area contributed by atoms with E-state index in [1.165, 1.54) is 6.07 Å². The number of halogens is 4. The second-order valence-corrected chi connectivity index (χ2v) is 7.45. The zero-order valence-corrected chi connectivity index (χ0v) is 14.4. The molecule has 0 bridgehead atoms. The Hall–Kier alpha value is -1.33. The third-order valence-electron chi connectivity index (χ3n) is 3.10. The van der Waals surface area contributed by atoms with Crippen molar-refractivity contribution in [2.75, 3.05) is 0 Å². The van der Waals surface area contributed by atoms with E-state index in [0.29, 0.717) is 16.3 Å². The molecule has 1 aliphatic rings. The molecular formula is C15H9Cl4NO3. The lowest BCUT2D eigenvalue weighted by molar-refractivity contribution is -0.0953. The number of rotatable bonds is 2. The fraction of sp³-hybridized carbons (Fsp3) is 0.133. The van der Waals surface area contributed by atoms with Gasteiger partial charge in [-0.25, -0.2) is 0 Å². The molecule has 0 aromatic heterocycles. The number of carbonyl (C=O) groups excluding carboxylic acids is 1.